The molecular formula is C16H18F2N4O4. The minimum absolute atomic E-state index is 0.00902. The Bertz CT molecular complexity index is 790. The van der Waals surface area contributed by atoms with E-state index in [1.54, 1.807) is 20.8 Å². The Balaban J connectivity index is 2.28. The number of hydrogen-bond donors (Lipinski definition) is 1. The molecule has 0 atom stereocenters. The van der Waals surface area contributed by atoms with Crippen LogP contribution in [-0.4, -0.2) is 56.1 Å². The lowest BCUT2D eigenvalue weighted by atomic mass is 10.2. The van der Waals surface area contributed by atoms with Crippen LogP contribution in [0.4, 0.5) is 8.78 Å². The van der Waals surface area contributed by atoms with Gasteiger partial charge in [0.1, 0.15) is 12.3 Å². The van der Waals surface area contributed by atoms with Crippen molar-refractivity contribution in [2.24, 2.45) is 0 Å². The highest BCUT2D eigenvalue weighted by atomic mass is 19.3. The monoisotopic (exact) mass is 368 g/mol. The molecule has 1 aromatic heterocycles. The summed E-state index contributed by atoms with van der Waals surface area (Å²) < 4.78 is 30.0. The third kappa shape index (κ3) is 4.32. The van der Waals surface area contributed by atoms with E-state index in [-0.39, 0.29) is 17.5 Å². The number of alkyl halides is 2. The summed E-state index contributed by atoms with van der Waals surface area (Å²) in [4.78, 5) is 24.7. The van der Waals surface area contributed by atoms with E-state index in [2.05, 4.69) is 15.0 Å². The summed E-state index contributed by atoms with van der Waals surface area (Å²) >= 11 is 0. The maximum absolute atomic E-state index is 12.6. The molecule has 1 heterocycles. The van der Waals surface area contributed by atoms with Crippen LogP contribution in [0.5, 0.6) is 5.75 Å². The minimum Gasteiger partial charge on any atom is -0.480 e. The molecule has 0 saturated carbocycles. The van der Waals surface area contributed by atoms with Gasteiger partial charge in [0.05, 0.1) is 11.4 Å². The fourth-order valence-corrected chi connectivity index (χ4v) is 2.31. The zero-order valence-corrected chi connectivity index (χ0v) is 14.4. The van der Waals surface area contributed by atoms with Crippen molar-refractivity contribution in [2.75, 3.05) is 6.54 Å². The molecule has 1 aromatic carbocycles. The number of aromatic nitrogens is 3. The summed E-state index contributed by atoms with van der Waals surface area (Å²) in [6.45, 7) is 1.62. The number of rotatable bonds is 7. The van der Waals surface area contributed by atoms with Crippen LogP contribution in [-0.2, 0) is 4.79 Å². The zero-order chi connectivity index (χ0) is 19.4. The standard InChI is InChI=1S/C16H18F2N4O4/c1-9(2)21(8-13(23)24)15(25)14-10(3)22(20-19-14)11-4-6-12(7-5-11)26-16(17)18/h4-7,9,16H,8H2,1-3H3,(H,23,24). The number of carbonyl (C=O) groups excluding carboxylic acids is 1. The first-order valence-electron chi connectivity index (χ1n) is 7.71. The molecule has 2 rings (SSSR count). The van der Waals surface area contributed by atoms with Gasteiger partial charge < -0.3 is 14.7 Å². The lowest BCUT2D eigenvalue weighted by molar-refractivity contribution is -0.138. The number of carboxylic acids is 1. The number of amides is 1. The van der Waals surface area contributed by atoms with E-state index in [9.17, 15) is 18.4 Å². The van der Waals surface area contributed by atoms with Gasteiger partial charge in [-0.25, -0.2) is 4.68 Å². The third-order valence-corrected chi connectivity index (χ3v) is 3.59. The zero-order valence-electron chi connectivity index (χ0n) is 14.4. The molecule has 0 aliphatic carbocycles. The lowest BCUT2D eigenvalue weighted by Gasteiger charge is -2.24. The minimum atomic E-state index is -2.92. The maximum atomic E-state index is 12.6. The van der Waals surface area contributed by atoms with Crippen molar-refractivity contribution >= 4 is 11.9 Å². The first kappa shape index (κ1) is 19.3. The van der Waals surface area contributed by atoms with E-state index in [1.807, 2.05) is 0 Å². The van der Waals surface area contributed by atoms with E-state index in [4.69, 9.17) is 5.11 Å². The number of hydrogen-bond acceptors (Lipinski definition) is 5. The summed E-state index contributed by atoms with van der Waals surface area (Å²) in [5.41, 5.74) is 0.909. The van der Waals surface area contributed by atoms with Gasteiger partial charge in [0.15, 0.2) is 5.69 Å². The Kier molecular flexibility index (Phi) is 5.86. The molecular weight excluding hydrogens is 350 g/mol. The highest BCUT2D eigenvalue weighted by Crippen LogP contribution is 2.19. The highest BCUT2D eigenvalue weighted by Gasteiger charge is 2.26. The topological polar surface area (TPSA) is 97.5 Å². The molecule has 0 fully saturated rings. The van der Waals surface area contributed by atoms with E-state index in [1.165, 1.54) is 33.8 Å². The number of carboxylic acid groups (broad SMARTS) is 1. The van der Waals surface area contributed by atoms with Crippen molar-refractivity contribution in [3.05, 3.63) is 35.7 Å². The smallest absolute Gasteiger partial charge is 0.387 e. The molecule has 140 valence electrons. The Morgan fingerprint density at radius 1 is 1.27 bits per heavy atom. The van der Waals surface area contributed by atoms with Gasteiger partial charge in [0.2, 0.25) is 0 Å². The van der Waals surface area contributed by atoms with Crippen LogP contribution in [0.15, 0.2) is 24.3 Å². The number of benzene rings is 1. The fraction of sp³-hybridized carbons (Fsp3) is 0.375. The second kappa shape index (κ2) is 7.89. The second-order valence-corrected chi connectivity index (χ2v) is 5.73. The first-order chi connectivity index (χ1) is 12.2. The lowest BCUT2D eigenvalue weighted by Crippen LogP contribution is -2.41. The molecule has 1 N–H and O–H groups in total. The Labute approximate surface area is 148 Å². The van der Waals surface area contributed by atoms with Crippen molar-refractivity contribution in [3.8, 4) is 11.4 Å². The van der Waals surface area contributed by atoms with E-state index in [0.29, 0.717) is 11.4 Å². The second-order valence-electron chi connectivity index (χ2n) is 5.73. The molecule has 0 radical (unpaired) electrons. The van der Waals surface area contributed by atoms with Crippen LogP contribution < -0.4 is 4.74 Å². The van der Waals surface area contributed by atoms with Gasteiger partial charge in [0, 0.05) is 6.04 Å². The molecule has 0 unspecified atom stereocenters. The molecule has 26 heavy (non-hydrogen) atoms. The van der Waals surface area contributed by atoms with Gasteiger partial charge in [-0.3, -0.25) is 9.59 Å². The Morgan fingerprint density at radius 2 is 1.88 bits per heavy atom. The average Bonchev–Trinajstić information content (AvgIpc) is 2.93. The number of halogens is 2. The molecule has 8 nitrogen and oxygen atoms in total. The number of aliphatic carboxylic acids is 1. The first-order valence-corrected chi connectivity index (χ1v) is 7.71. The maximum Gasteiger partial charge on any atom is 0.387 e. The molecule has 10 heteroatoms. The summed E-state index contributed by atoms with van der Waals surface area (Å²) in [6.07, 6.45) is 0. The van der Waals surface area contributed by atoms with Crippen LogP contribution in [0.25, 0.3) is 5.69 Å². The van der Waals surface area contributed by atoms with E-state index < -0.39 is 25.0 Å². The van der Waals surface area contributed by atoms with Gasteiger partial charge in [-0.05, 0) is 45.0 Å². The average molecular weight is 368 g/mol. The normalized spacial score (nSPS) is 11.0. The van der Waals surface area contributed by atoms with Crippen molar-refractivity contribution in [1.82, 2.24) is 19.9 Å². The fourth-order valence-electron chi connectivity index (χ4n) is 2.31. The number of ether oxygens (including phenoxy) is 1. The quantitative estimate of drug-likeness (QED) is 0.804. The Hall–Kier alpha value is -3.04. The SMILES string of the molecule is Cc1c(C(=O)N(CC(=O)O)C(C)C)nnn1-c1ccc(OC(F)F)cc1. The van der Waals surface area contributed by atoms with E-state index >= 15 is 0 Å². The van der Waals surface area contributed by atoms with Crippen LogP contribution >= 0.6 is 0 Å². The van der Waals surface area contributed by atoms with Crippen molar-refractivity contribution in [3.63, 3.8) is 0 Å². The van der Waals surface area contributed by atoms with Gasteiger partial charge >= 0.3 is 12.6 Å². The Morgan fingerprint density at radius 3 is 2.38 bits per heavy atom. The molecule has 0 spiro atoms. The van der Waals surface area contributed by atoms with Crippen molar-refractivity contribution < 1.29 is 28.2 Å². The van der Waals surface area contributed by atoms with Crippen LogP contribution in [0, 0.1) is 6.92 Å². The predicted octanol–water partition coefficient (Wildman–Crippen LogP) is 2.11. The molecule has 0 aliphatic rings. The van der Waals surface area contributed by atoms with Crippen molar-refractivity contribution in [1.29, 1.82) is 0 Å². The van der Waals surface area contributed by atoms with Gasteiger partial charge in [-0.2, -0.15) is 8.78 Å². The summed E-state index contributed by atoms with van der Waals surface area (Å²) in [5, 5.41) is 16.7. The molecule has 1 amide bonds. The predicted molar refractivity (Wildman–Crippen MR) is 86.5 cm³/mol. The van der Waals surface area contributed by atoms with Crippen LogP contribution in [0.3, 0.4) is 0 Å². The van der Waals surface area contributed by atoms with Gasteiger partial charge in [-0.15, -0.1) is 5.10 Å². The third-order valence-electron chi connectivity index (χ3n) is 3.59. The number of carbonyl (C=O) groups is 2. The number of nitrogens with zero attached hydrogens (tertiary/aromatic N) is 4. The highest BCUT2D eigenvalue weighted by molar-refractivity contribution is 5.95. The van der Waals surface area contributed by atoms with Crippen molar-refractivity contribution in [2.45, 2.75) is 33.4 Å². The largest absolute Gasteiger partial charge is 0.480 e. The molecule has 0 bridgehead atoms. The summed E-state index contributed by atoms with van der Waals surface area (Å²) in [6, 6.07) is 5.33. The molecule has 2 aromatic rings. The molecule has 0 saturated heterocycles. The molecule has 0 aliphatic heterocycles. The van der Waals surface area contributed by atoms with E-state index in [0.717, 1.165) is 0 Å². The van der Waals surface area contributed by atoms with Gasteiger partial charge in [0.25, 0.3) is 5.91 Å². The van der Waals surface area contributed by atoms with Crippen LogP contribution in [0.1, 0.15) is 30.0 Å². The van der Waals surface area contributed by atoms with Crippen LogP contribution in [0.2, 0.25) is 0 Å². The summed E-state index contributed by atoms with van der Waals surface area (Å²) in [5.74, 6) is -1.69. The van der Waals surface area contributed by atoms with Gasteiger partial charge in [-0.1, -0.05) is 5.21 Å². The summed E-state index contributed by atoms with van der Waals surface area (Å²) in [7, 11) is 0.